The standard InChI is InChI=1S/C13H16BrN3S/c14-10-11-13(16-5-3-8-18-9-7-16)15-12-4-1-2-6-17(11)12/h1-2,4,6H,3,5,7-10H2. The molecule has 2 aromatic heterocycles. The van der Waals surface area contributed by atoms with Crippen molar-refractivity contribution in [2.24, 2.45) is 0 Å². The number of alkyl halides is 1. The van der Waals surface area contributed by atoms with E-state index in [0.717, 1.165) is 29.9 Å². The summed E-state index contributed by atoms with van der Waals surface area (Å²) in [5.41, 5.74) is 2.30. The highest BCUT2D eigenvalue weighted by atomic mass is 79.9. The van der Waals surface area contributed by atoms with Gasteiger partial charge in [-0.3, -0.25) is 0 Å². The second-order valence-electron chi connectivity index (χ2n) is 4.40. The molecular formula is C13H16BrN3S. The van der Waals surface area contributed by atoms with Gasteiger partial charge in [-0.15, -0.1) is 0 Å². The van der Waals surface area contributed by atoms with Gasteiger partial charge in [-0.1, -0.05) is 22.0 Å². The van der Waals surface area contributed by atoms with Gasteiger partial charge < -0.3 is 9.30 Å². The number of rotatable bonds is 2. The largest absolute Gasteiger partial charge is 0.354 e. The van der Waals surface area contributed by atoms with Crippen LogP contribution in [0.5, 0.6) is 0 Å². The molecule has 0 radical (unpaired) electrons. The number of anilines is 1. The highest BCUT2D eigenvalue weighted by molar-refractivity contribution is 9.08. The van der Waals surface area contributed by atoms with Crippen LogP contribution in [-0.4, -0.2) is 34.0 Å². The maximum Gasteiger partial charge on any atom is 0.152 e. The summed E-state index contributed by atoms with van der Waals surface area (Å²) >= 11 is 5.65. The van der Waals surface area contributed by atoms with Gasteiger partial charge >= 0.3 is 0 Å². The third kappa shape index (κ3) is 2.26. The van der Waals surface area contributed by atoms with Crippen LogP contribution < -0.4 is 4.90 Å². The number of halogens is 1. The van der Waals surface area contributed by atoms with Gasteiger partial charge in [0.1, 0.15) is 5.65 Å². The molecule has 0 N–H and O–H groups in total. The lowest BCUT2D eigenvalue weighted by atomic mass is 10.3. The van der Waals surface area contributed by atoms with Crippen LogP contribution in [0.25, 0.3) is 5.65 Å². The van der Waals surface area contributed by atoms with E-state index in [1.54, 1.807) is 0 Å². The summed E-state index contributed by atoms with van der Waals surface area (Å²) in [7, 11) is 0. The fourth-order valence-corrected chi connectivity index (χ4v) is 3.78. The Morgan fingerprint density at radius 1 is 1.28 bits per heavy atom. The third-order valence-corrected chi connectivity index (χ3v) is 4.84. The Labute approximate surface area is 120 Å². The van der Waals surface area contributed by atoms with Crippen molar-refractivity contribution in [3.63, 3.8) is 0 Å². The molecule has 0 atom stereocenters. The summed E-state index contributed by atoms with van der Waals surface area (Å²) < 4.78 is 2.18. The normalized spacial score (nSPS) is 17.1. The molecule has 1 saturated heterocycles. The second kappa shape index (κ2) is 5.53. The van der Waals surface area contributed by atoms with Crippen LogP contribution in [0.2, 0.25) is 0 Å². The average Bonchev–Trinajstić information content (AvgIpc) is 2.59. The molecule has 3 nitrogen and oxygen atoms in total. The summed E-state index contributed by atoms with van der Waals surface area (Å²) in [5, 5.41) is 0.844. The number of thioether (sulfide) groups is 1. The molecule has 1 fully saturated rings. The van der Waals surface area contributed by atoms with Gasteiger partial charge in [0.25, 0.3) is 0 Å². The molecule has 0 amide bonds. The molecule has 3 heterocycles. The van der Waals surface area contributed by atoms with E-state index in [1.807, 2.05) is 17.8 Å². The maximum atomic E-state index is 4.80. The molecule has 5 heteroatoms. The third-order valence-electron chi connectivity index (χ3n) is 3.26. The molecule has 0 spiro atoms. The van der Waals surface area contributed by atoms with Crippen LogP contribution in [0.3, 0.4) is 0 Å². The fourth-order valence-electron chi connectivity index (χ4n) is 2.37. The summed E-state index contributed by atoms with van der Waals surface area (Å²) in [6.07, 6.45) is 3.34. The molecule has 2 aromatic rings. The van der Waals surface area contributed by atoms with Gasteiger partial charge in [0.05, 0.1) is 5.69 Å². The number of nitrogens with zero attached hydrogens (tertiary/aromatic N) is 3. The van der Waals surface area contributed by atoms with E-state index in [0.29, 0.717) is 0 Å². The molecule has 0 bridgehead atoms. The first-order valence-electron chi connectivity index (χ1n) is 6.25. The lowest BCUT2D eigenvalue weighted by Crippen LogP contribution is -2.26. The summed E-state index contributed by atoms with van der Waals surface area (Å²) in [5.74, 6) is 3.63. The van der Waals surface area contributed by atoms with Gasteiger partial charge in [0.15, 0.2) is 5.82 Å². The molecule has 3 rings (SSSR count). The maximum absolute atomic E-state index is 4.80. The first-order chi connectivity index (χ1) is 8.90. The number of hydrogen-bond donors (Lipinski definition) is 0. The summed E-state index contributed by atoms with van der Waals surface area (Å²) in [6, 6.07) is 6.17. The molecule has 96 valence electrons. The number of imidazole rings is 1. The lowest BCUT2D eigenvalue weighted by molar-refractivity contribution is 0.800. The SMILES string of the molecule is BrCc1c(N2CCCSCC2)nc2ccccn12. The Bertz CT molecular complexity index is 532. The van der Waals surface area contributed by atoms with E-state index in [9.17, 15) is 0 Å². The smallest absolute Gasteiger partial charge is 0.152 e. The monoisotopic (exact) mass is 325 g/mol. The van der Waals surface area contributed by atoms with Crippen LogP contribution in [0.15, 0.2) is 24.4 Å². The average molecular weight is 326 g/mol. The van der Waals surface area contributed by atoms with E-state index in [1.165, 1.54) is 23.6 Å². The van der Waals surface area contributed by atoms with E-state index >= 15 is 0 Å². The predicted octanol–water partition coefficient (Wildman–Crippen LogP) is 3.17. The van der Waals surface area contributed by atoms with Gasteiger partial charge in [0, 0.05) is 30.4 Å². The van der Waals surface area contributed by atoms with E-state index < -0.39 is 0 Å². The Hall–Kier alpha value is -0.680. The zero-order valence-corrected chi connectivity index (χ0v) is 12.6. The van der Waals surface area contributed by atoms with E-state index in [2.05, 4.69) is 43.6 Å². The molecule has 18 heavy (non-hydrogen) atoms. The van der Waals surface area contributed by atoms with E-state index in [-0.39, 0.29) is 0 Å². The van der Waals surface area contributed by atoms with Crippen molar-refractivity contribution in [3.8, 4) is 0 Å². The van der Waals surface area contributed by atoms with E-state index in [4.69, 9.17) is 4.98 Å². The summed E-state index contributed by atoms with van der Waals surface area (Å²) in [6.45, 7) is 2.23. The van der Waals surface area contributed by atoms with Gasteiger partial charge in [0.2, 0.25) is 0 Å². The van der Waals surface area contributed by atoms with Crippen molar-refractivity contribution < 1.29 is 0 Å². The van der Waals surface area contributed by atoms with Crippen molar-refractivity contribution in [3.05, 3.63) is 30.1 Å². The highest BCUT2D eigenvalue weighted by Gasteiger charge is 2.18. The Morgan fingerprint density at radius 3 is 3.11 bits per heavy atom. The zero-order chi connectivity index (χ0) is 12.4. The van der Waals surface area contributed by atoms with Gasteiger partial charge in [-0.05, 0) is 24.3 Å². The quantitative estimate of drug-likeness (QED) is 0.791. The van der Waals surface area contributed by atoms with Crippen LogP contribution in [0, 0.1) is 0 Å². The molecule has 0 unspecified atom stereocenters. The van der Waals surface area contributed by atoms with Crippen LogP contribution in [0.1, 0.15) is 12.1 Å². The van der Waals surface area contributed by atoms with Crippen LogP contribution in [-0.2, 0) is 5.33 Å². The number of aromatic nitrogens is 2. The first-order valence-corrected chi connectivity index (χ1v) is 8.52. The fraction of sp³-hybridized carbons (Fsp3) is 0.462. The molecule has 0 saturated carbocycles. The molecule has 1 aliphatic heterocycles. The minimum absolute atomic E-state index is 0.844. The van der Waals surface area contributed by atoms with Crippen LogP contribution >= 0.6 is 27.7 Å². The summed E-state index contributed by atoms with van der Waals surface area (Å²) in [4.78, 5) is 7.23. The molecule has 0 aromatic carbocycles. The number of pyridine rings is 1. The molecule has 1 aliphatic rings. The minimum Gasteiger partial charge on any atom is -0.354 e. The second-order valence-corrected chi connectivity index (χ2v) is 6.18. The Morgan fingerprint density at radius 2 is 2.22 bits per heavy atom. The van der Waals surface area contributed by atoms with Crippen LogP contribution in [0.4, 0.5) is 5.82 Å². The Kier molecular flexibility index (Phi) is 3.80. The number of hydrogen-bond acceptors (Lipinski definition) is 3. The molecular weight excluding hydrogens is 310 g/mol. The first kappa shape index (κ1) is 12.4. The number of fused-ring (bicyclic) bond motifs is 1. The topological polar surface area (TPSA) is 20.5 Å². The van der Waals surface area contributed by atoms with Crippen molar-refractivity contribution in [2.45, 2.75) is 11.8 Å². The molecule has 0 aliphatic carbocycles. The zero-order valence-electron chi connectivity index (χ0n) is 10.2. The van der Waals surface area contributed by atoms with Gasteiger partial charge in [-0.25, -0.2) is 4.98 Å². The lowest BCUT2D eigenvalue weighted by Gasteiger charge is -2.20. The Balaban J connectivity index is 2.04. The van der Waals surface area contributed by atoms with Gasteiger partial charge in [-0.2, -0.15) is 11.8 Å². The van der Waals surface area contributed by atoms with Crippen molar-refractivity contribution in [2.75, 3.05) is 29.5 Å². The highest BCUT2D eigenvalue weighted by Crippen LogP contribution is 2.25. The van der Waals surface area contributed by atoms with Crippen molar-refractivity contribution in [1.29, 1.82) is 0 Å². The van der Waals surface area contributed by atoms with Crippen molar-refractivity contribution >= 4 is 39.2 Å². The minimum atomic E-state index is 0.844. The predicted molar refractivity (Wildman–Crippen MR) is 82.0 cm³/mol. The van der Waals surface area contributed by atoms with Crippen molar-refractivity contribution in [1.82, 2.24) is 9.38 Å².